The average molecular weight is 273 g/mol. The largest absolute Gasteiger partial charge is 0.314 e. The molecule has 0 bridgehead atoms. The van der Waals surface area contributed by atoms with Gasteiger partial charge in [-0.1, -0.05) is 63.4 Å². The van der Waals surface area contributed by atoms with E-state index in [1.54, 1.807) is 0 Å². The van der Waals surface area contributed by atoms with Crippen LogP contribution in [0.15, 0.2) is 30.3 Å². The molecular weight excluding hydrogens is 242 g/mol. The molecule has 0 amide bonds. The van der Waals surface area contributed by atoms with Crippen LogP contribution in [0.2, 0.25) is 0 Å². The maximum absolute atomic E-state index is 3.70. The molecule has 0 aromatic heterocycles. The van der Waals surface area contributed by atoms with Gasteiger partial charge in [0.1, 0.15) is 0 Å². The highest BCUT2D eigenvalue weighted by Gasteiger charge is 2.31. The van der Waals surface area contributed by atoms with E-state index in [4.69, 9.17) is 0 Å². The minimum atomic E-state index is 0.581. The van der Waals surface area contributed by atoms with Gasteiger partial charge in [0.25, 0.3) is 0 Å². The summed E-state index contributed by atoms with van der Waals surface area (Å²) in [4.78, 5) is 0. The fourth-order valence-electron chi connectivity index (χ4n) is 3.55. The smallest absolute Gasteiger partial charge is 0.00106 e. The molecule has 1 saturated carbocycles. The van der Waals surface area contributed by atoms with Crippen molar-refractivity contribution in [2.75, 3.05) is 6.54 Å². The monoisotopic (exact) mass is 273 g/mol. The fraction of sp³-hybridized carbons (Fsp3) is 0.684. The molecule has 0 radical (unpaired) electrons. The molecule has 0 saturated heterocycles. The second-order valence-corrected chi connectivity index (χ2v) is 6.94. The molecular formula is C19H31N. The van der Waals surface area contributed by atoms with Gasteiger partial charge in [-0.2, -0.15) is 0 Å². The van der Waals surface area contributed by atoms with Crippen LogP contribution in [0.4, 0.5) is 0 Å². The van der Waals surface area contributed by atoms with Crippen LogP contribution in [0.3, 0.4) is 0 Å². The lowest BCUT2D eigenvalue weighted by molar-refractivity contribution is 0.159. The van der Waals surface area contributed by atoms with Gasteiger partial charge in [0.05, 0.1) is 0 Å². The van der Waals surface area contributed by atoms with Crippen LogP contribution >= 0.6 is 0 Å². The maximum Gasteiger partial charge on any atom is 0.00106 e. The number of aryl methyl sites for hydroxylation is 1. The maximum atomic E-state index is 3.70. The Hall–Kier alpha value is -0.820. The number of hydrogen-bond acceptors (Lipinski definition) is 1. The topological polar surface area (TPSA) is 12.0 Å². The van der Waals surface area contributed by atoms with Gasteiger partial charge < -0.3 is 5.32 Å². The zero-order valence-corrected chi connectivity index (χ0v) is 13.3. The summed E-state index contributed by atoms with van der Waals surface area (Å²) in [5, 5.41) is 3.70. The summed E-state index contributed by atoms with van der Waals surface area (Å²) in [6, 6.07) is 11.6. The van der Waals surface area contributed by atoms with Gasteiger partial charge in [-0.25, -0.2) is 0 Å². The summed E-state index contributed by atoms with van der Waals surface area (Å²) in [6.07, 6.45) is 11.1. The van der Waals surface area contributed by atoms with Crippen LogP contribution in [0.1, 0.15) is 64.4 Å². The van der Waals surface area contributed by atoms with Crippen molar-refractivity contribution in [2.45, 2.75) is 71.3 Å². The molecule has 112 valence electrons. The first-order chi connectivity index (χ1) is 9.70. The molecule has 0 unspecified atom stereocenters. The Bertz CT molecular complexity index is 363. The van der Waals surface area contributed by atoms with Gasteiger partial charge in [-0.05, 0) is 43.1 Å². The van der Waals surface area contributed by atoms with Crippen molar-refractivity contribution in [1.82, 2.24) is 5.32 Å². The molecule has 0 heterocycles. The number of nitrogens with one attached hydrogen (secondary N) is 1. The third kappa shape index (κ3) is 4.94. The first kappa shape index (κ1) is 15.6. The molecule has 20 heavy (non-hydrogen) atoms. The van der Waals surface area contributed by atoms with Gasteiger partial charge in [0.2, 0.25) is 0 Å². The van der Waals surface area contributed by atoms with Crippen molar-refractivity contribution in [3.63, 3.8) is 0 Å². The first-order valence-corrected chi connectivity index (χ1v) is 8.48. The van der Waals surface area contributed by atoms with E-state index in [2.05, 4.69) is 49.5 Å². The summed E-state index contributed by atoms with van der Waals surface area (Å²) in [6.45, 7) is 5.75. The molecule has 0 spiro atoms. The molecule has 1 N–H and O–H groups in total. The Labute approximate surface area is 125 Å². The lowest BCUT2D eigenvalue weighted by Gasteiger charge is -2.38. The SMILES string of the molecule is CC(C)NCC1(CCCc2ccccc2)CCCCC1. The lowest BCUT2D eigenvalue weighted by Crippen LogP contribution is -2.39. The third-order valence-corrected chi connectivity index (χ3v) is 4.81. The molecule has 1 aliphatic rings. The summed E-state index contributed by atoms with van der Waals surface area (Å²) >= 11 is 0. The second kappa shape index (κ2) is 7.83. The number of benzene rings is 1. The highest BCUT2D eigenvalue weighted by atomic mass is 14.9. The van der Waals surface area contributed by atoms with E-state index in [0.717, 1.165) is 0 Å². The molecule has 1 aromatic rings. The van der Waals surface area contributed by atoms with Gasteiger partial charge in [0.15, 0.2) is 0 Å². The summed E-state index contributed by atoms with van der Waals surface area (Å²) in [5.41, 5.74) is 2.08. The Balaban J connectivity index is 1.84. The first-order valence-electron chi connectivity index (χ1n) is 8.48. The van der Waals surface area contributed by atoms with Crippen molar-refractivity contribution < 1.29 is 0 Å². The van der Waals surface area contributed by atoms with E-state index in [-0.39, 0.29) is 0 Å². The lowest BCUT2D eigenvalue weighted by atomic mass is 9.70. The Morgan fingerprint density at radius 1 is 1.05 bits per heavy atom. The highest BCUT2D eigenvalue weighted by molar-refractivity contribution is 5.14. The van der Waals surface area contributed by atoms with Crippen LogP contribution in [0.25, 0.3) is 0 Å². The van der Waals surface area contributed by atoms with Crippen LogP contribution in [-0.4, -0.2) is 12.6 Å². The van der Waals surface area contributed by atoms with E-state index >= 15 is 0 Å². The van der Waals surface area contributed by atoms with Crippen molar-refractivity contribution in [2.24, 2.45) is 5.41 Å². The summed E-state index contributed by atoms with van der Waals surface area (Å²) in [7, 11) is 0. The van der Waals surface area contributed by atoms with E-state index in [0.29, 0.717) is 11.5 Å². The normalized spacial score (nSPS) is 18.4. The summed E-state index contributed by atoms with van der Waals surface area (Å²) in [5.74, 6) is 0. The Morgan fingerprint density at radius 2 is 1.75 bits per heavy atom. The minimum absolute atomic E-state index is 0.581. The zero-order chi connectivity index (χ0) is 14.3. The van der Waals surface area contributed by atoms with E-state index in [1.165, 1.54) is 63.5 Å². The molecule has 1 aliphatic carbocycles. The minimum Gasteiger partial charge on any atom is -0.314 e. The molecule has 1 heteroatoms. The van der Waals surface area contributed by atoms with Crippen LogP contribution in [0, 0.1) is 5.41 Å². The van der Waals surface area contributed by atoms with Crippen molar-refractivity contribution in [3.8, 4) is 0 Å². The van der Waals surface area contributed by atoms with Gasteiger partial charge in [-0.15, -0.1) is 0 Å². The van der Waals surface area contributed by atoms with Gasteiger partial charge >= 0.3 is 0 Å². The van der Waals surface area contributed by atoms with Crippen molar-refractivity contribution >= 4 is 0 Å². The number of hydrogen-bond donors (Lipinski definition) is 1. The molecule has 1 fully saturated rings. The van der Waals surface area contributed by atoms with Gasteiger partial charge in [-0.3, -0.25) is 0 Å². The molecule has 0 aliphatic heterocycles. The molecule has 1 nitrogen and oxygen atoms in total. The van der Waals surface area contributed by atoms with Crippen molar-refractivity contribution in [3.05, 3.63) is 35.9 Å². The van der Waals surface area contributed by atoms with Crippen LogP contribution in [-0.2, 0) is 6.42 Å². The second-order valence-electron chi connectivity index (χ2n) is 6.94. The van der Waals surface area contributed by atoms with Gasteiger partial charge in [0, 0.05) is 12.6 Å². The standard InChI is InChI=1S/C19H31N/c1-17(2)20-16-19(13-7-4-8-14-19)15-9-12-18-10-5-3-6-11-18/h3,5-6,10-11,17,20H,4,7-9,12-16H2,1-2H3. The molecule has 2 rings (SSSR count). The van der Waals surface area contributed by atoms with E-state index in [1.807, 2.05) is 0 Å². The number of rotatable bonds is 7. The third-order valence-electron chi connectivity index (χ3n) is 4.81. The van der Waals surface area contributed by atoms with E-state index < -0.39 is 0 Å². The zero-order valence-electron chi connectivity index (χ0n) is 13.3. The average Bonchev–Trinajstić information content (AvgIpc) is 2.47. The van der Waals surface area contributed by atoms with Crippen LogP contribution in [0.5, 0.6) is 0 Å². The predicted molar refractivity (Wildman–Crippen MR) is 88.0 cm³/mol. The fourth-order valence-corrected chi connectivity index (χ4v) is 3.55. The predicted octanol–water partition coefficient (Wildman–Crippen LogP) is 4.96. The highest BCUT2D eigenvalue weighted by Crippen LogP contribution is 2.40. The Morgan fingerprint density at radius 3 is 2.40 bits per heavy atom. The summed E-state index contributed by atoms with van der Waals surface area (Å²) < 4.78 is 0. The quantitative estimate of drug-likeness (QED) is 0.740. The van der Waals surface area contributed by atoms with Crippen LogP contribution < -0.4 is 5.32 Å². The Kier molecular flexibility index (Phi) is 6.09. The van der Waals surface area contributed by atoms with E-state index in [9.17, 15) is 0 Å². The molecule has 0 atom stereocenters. The molecule has 1 aromatic carbocycles. The van der Waals surface area contributed by atoms with Crippen molar-refractivity contribution in [1.29, 1.82) is 0 Å².